The standard InChI is InChI=1S/C3H7O4PS/c1-3(7-4)2-8(5,6)9/h4H,1-2H2,(H2,5,6,9). The molecule has 3 N–H and O–H groups in total. The van der Waals surface area contributed by atoms with Gasteiger partial charge in [-0.1, -0.05) is 6.58 Å². The van der Waals surface area contributed by atoms with Crippen LogP contribution in [0.5, 0.6) is 0 Å². The van der Waals surface area contributed by atoms with E-state index in [1.54, 1.807) is 0 Å². The molecule has 0 rings (SSSR count). The smallest absolute Gasteiger partial charge is 0.191 e. The second-order valence-electron chi connectivity index (χ2n) is 1.45. The maximum Gasteiger partial charge on any atom is 0.191 e. The van der Waals surface area contributed by atoms with Crippen molar-refractivity contribution in [3.05, 3.63) is 12.3 Å². The molecule has 0 aromatic heterocycles. The molecule has 0 saturated heterocycles. The quantitative estimate of drug-likeness (QED) is 0.246. The highest BCUT2D eigenvalue weighted by Gasteiger charge is 2.10. The Hall–Kier alpha value is 0.0700. The lowest BCUT2D eigenvalue weighted by Gasteiger charge is -2.05. The van der Waals surface area contributed by atoms with Crippen molar-refractivity contribution >= 4 is 18.3 Å². The van der Waals surface area contributed by atoms with Crippen LogP contribution < -0.4 is 0 Å². The first-order chi connectivity index (χ1) is 3.95. The number of hydrogen-bond donors (Lipinski definition) is 3. The Morgan fingerprint density at radius 2 is 2.11 bits per heavy atom. The molecule has 0 radical (unpaired) electrons. The molecule has 54 valence electrons. The molecule has 0 spiro atoms. The van der Waals surface area contributed by atoms with Crippen molar-refractivity contribution in [2.75, 3.05) is 6.16 Å². The summed E-state index contributed by atoms with van der Waals surface area (Å²) in [6, 6.07) is 0. The van der Waals surface area contributed by atoms with Gasteiger partial charge in [-0.2, -0.15) is 0 Å². The molecule has 0 fully saturated rings. The van der Waals surface area contributed by atoms with Gasteiger partial charge in [0.15, 0.2) is 6.49 Å². The SMILES string of the molecule is C=C(CP(O)(O)=S)OO. The van der Waals surface area contributed by atoms with E-state index in [4.69, 9.17) is 15.0 Å². The first-order valence-corrected chi connectivity index (χ1v) is 4.89. The fraction of sp³-hybridized carbons (Fsp3) is 0.333. The molecular weight excluding hydrogens is 163 g/mol. The summed E-state index contributed by atoms with van der Waals surface area (Å²) in [6.07, 6.45) is -0.279. The molecule has 0 aliphatic carbocycles. The molecule has 0 saturated carbocycles. The van der Waals surface area contributed by atoms with Crippen molar-refractivity contribution in [2.24, 2.45) is 0 Å². The zero-order valence-corrected chi connectivity index (χ0v) is 6.23. The molecule has 0 bridgehead atoms. The molecule has 0 heterocycles. The van der Waals surface area contributed by atoms with Gasteiger partial charge in [0, 0.05) is 0 Å². The lowest BCUT2D eigenvalue weighted by atomic mass is 10.7. The van der Waals surface area contributed by atoms with Crippen LogP contribution in [0.3, 0.4) is 0 Å². The van der Waals surface area contributed by atoms with Gasteiger partial charge < -0.3 is 14.7 Å². The summed E-state index contributed by atoms with van der Waals surface area (Å²) in [6.45, 7) is -0.162. The predicted octanol–water partition coefficient (Wildman–Crippen LogP) is 0.284. The van der Waals surface area contributed by atoms with Gasteiger partial charge in [0.05, 0.1) is 6.16 Å². The number of rotatable bonds is 3. The topological polar surface area (TPSA) is 69.9 Å². The minimum absolute atomic E-state index is 0.136. The summed E-state index contributed by atoms with van der Waals surface area (Å²) in [5.41, 5.74) is 0. The Kier molecular flexibility index (Phi) is 3.32. The van der Waals surface area contributed by atoms with Crippen molar-refractivity contribution in [1.29, 1.82) is 0 Å². The normalized spacial score (nSPS) is 11.0. The highest BCUT2D eigenvalue weighted by Crippen LogP contribution is 2.36. The van der Waals surface area contributed by atoms with E-state index in [-0.39, 0.29) is 11.9 Å². The van der Waals surface area contributed by atoms with Crippen molar-refractivity contribution in [2.45, 2.75) is 0 Å². The van der Waals surface area contributed by atoms with E-state index in [0.717, 1.165) is 0 Å². The molecular formula is C3H7O4PS. The van der Waals surface area contributed by atoms with E-state index in [1.807, 2.05) is 0 Å². The summed E-state index contributed by atoms with van der Waals surface area (Å²) in [7, 11) is 0. The molecule has 6 heteroatoms. The third kappa shape index (κ3) is 5.95. The Bertz CT molecular complexity index is 150. The summed E-state index contributed by atoms with van der Waals surface area (Å²) < 4.78 is 0. The van der Waals surface area contributed by atoms with Gasteiger partial charge in [-0.15, -0.1) is 0 Å². The second kappa shape index (κ2) is 3.29. The third-order valence-electron chi connectivity index (χ3n) is 0.511. The van der Waals surface area contributed by atoms with Gasteiger partial charge >= 0.3 is 0 Å². The minimum Gasteiger partial charge on any atom is -0.345 e. The fourth-order valence-corrected chi connectivity index (χ4v) is 1.21. The summed E-state index contributed by atoms with van der Waals surface area (Å²) in [4.78, 5) is 20.7. The number of allylic oxidation sites excluding steroid dienone is 1. The molecule has 0 aromatic carbocycles. The molecule has 0 amide bonds. The van der Waals surface area contributed by atoms with Crippen LogP contribution in [0.25, 0.3) is 0 Å². The minimum atomic E-state index is -3.29. The van der Waals surface area contributed by atoms with Crippen molar-refractivity contribution in [3.8, 4) is 0 Å². The molecule has 0 unspecified atom stereocenters. The van der Waals surface area contributed by atoms with Crippen LogP contribution >= 0.6 is 6.49 Å². The van der Waals surface area contributed by atoms with Gasteiger partial charge in [-0.05, 0) is 11.8 Å². The van der Waals surface area contributed by atoms with E-state index in [1.165, 1.54) is 0 Å². The first-order valence-electron chi connectivity index (χ1n) is 1.99. The largest absolute Gasteiger partial charge is 0.345 e. The predicted molar refractivity (Wildman–Crippen MR) is 36.4 cm³/mol. The molecule has 9 heavy (non-hydrogen) atoms. The Balaban J connectivity index is 3.75. The van der Waals surface area contributed by atoms with Crippen LogP contribution in [0.15, 0.2) is 12.3 Å². The van der Waals surface area contributed by atoms with E-state index >= 15 is 0 Å². The van der Waals surface area contributed by atoms with E-state index in [0.29, 0.717) is 0 Å². The van der Waals surface area contributed by atoms with Crippen LogP contribution in [0.2, 0.25) is 0 Å². The monoisotopic (exact) mass is 170 g/mol. The Labute approximate surface area is 57.5 Å². The first kappa shape index (κ1) is 9.07. The fourth-order valence-electron chi connectivity index (χ4n) is 0.259. The Morgan fingerprint density at radius 3 is 2.22 bits per heavy atom. The van der Waals surface area contributed by atoms with Crippen LogP contribution in [-0.2, 0) is 16.7 Å². The van der Waals surface area contributed by atoms with Gasteiger partial charge in [-0.3, -0.25) is 0 Å². The zero-order chi connectivity index (χ0) is 7.49. The maximum atomic E-state index is 8.55. The third-order valence-corrected chi connectivity index (χ3v) is 1.66. The lowest BCUT2D eigenvalue weighted by molar-refractivity contribution is -0.201. The lowest BCUT2D eigenvalue weighted by Crippen LogP contribution is -1.93. The zero-order valence-electron chi connectivity index (χ0n) is 4.52. The van der Waals surface area contributed by atoms with Gasteiger partial charge in [0.25, 0.3) is 0 Å². The highest BCUT2D eigenvalue weighted by atomic mass is 32.5. The maximum absolute atomic E-state index is 8.55. The molecule has 0 aliphatic heterocycles. The van der Waals surface area contributed by atoms with Crippen LogP contribution in [-0.4, -0.2) is 21.2 Å². The van der Waals surface area contributed by atoms with Crippen molar-refractivity contribution in [1.82, 2.24) is 0 Å². The molecule has 4 nitrogen and oxygen atoms in total. The van der Waals surface area contributed by atoms with Crippen LogP contribution in [0.4, 0.5) is 0 Å². The van der Waals surface area contributed by atoms with Crippen LogP contribution in [0, 0.1) is 0 Å². The van der Waals surface area contributed by atoms with Gasteiger partial charge in [0.1, 0.15) is 5.76 Å². The highest BCUT2D eigenvalue weighted by molar-refractivity contribution is 8.09. The summed E-state index contributed by atoms with van der Waals surface area (Å²) in [5.74, 6) is -0.136. The summed E-state index contributed by atoms with van der Waals surface area (Å²) in [5, 5.41) is 7.85. The van der Waals surface area contributed by atoms with E-state index in [9.17, 15) is 0 Å². The number of hydrogen-bond acceptors (Lipinski definition) is 3. The van der Waals surface area contributed by atoms with Crippen molar-refractivity contribution < 1.29 is 19.9 Å². The van der Waals surface area contributed by atoms with Gasteiger partial charge in [0.2, 0.25) is 0 Å². The molecule has 0 aromatic rings. The summed E-state index contributed by atoms with van der Waals surface area (Å²) >= 11 is 4.20. The molecule has 0 aliphatic rings. The van der Waals surface area contributed by atoms with Crippen LogP contribution in [0.1, 0.15) is 0 Å². The average Bonchev–Trinajstić information content (AvgIpc) is 1.62. The Morgan fingerprint density at radius 1 is 1.67 bits per heavy atom. The molecule has 0 atom stereocenters. The van der Waals surface area contributed by atoms with E-state index in [2.05, 4.69) is 23.3 Å². The van der Waals surface area contributed by atoms with E-state index < -0.39 is 6.49 Å². The van der Waals surface area contributed by atoms with Crippen molar-refractivity contribution in [3.63, 3.8) is 0 Å². The van der Waals surface area contributed by atoms with Gasteiger partial charge in [-0.25, -0.2) is 5.26 Å². The second-order valence-corrected chi connectivity index (χ2v) is 4.85. The average molecular weight is 170 g/mol.